The second kappa shape index (κ2) is 20.1. The predicted molar refractivity (Wildman–Crippen MR) is 208 cm³/mol. The number of ether oxygens (including phenoxy) is 4. The molecule has 0 saturated heterocycles. The van der Waals surface area contributed by atoms with Gasteiger partial charge in [-0.3, -0.25) is 9.59 Å². The van der Waals surface area contributed by atoms with E-state index >= 15 is 0 Å². The van der Waals surface area contributed by atoms with Crippen molar-refractivity contribution < 1.29 is 45.4 Å². The monoisotopic (exact) mass is 782 g/mol. The summed E-state index contributed by atoms with van der Waals surface area (Å²) < 4.78 is 74.3. The van der Waals surface area contributed by atoms with Gasteiger partial charge in [-0.2, -0.15) is 8.61 Å². The Kier molecular flexibility index (Phi) is 16.2. The maximum absolute atomic E-state index is 13.0. The molecule has 292 valence electrons. The van der Waals surface area contributed by atoms with Crippen molar-refractivity contribution in [3.63, 3.8) is 0 Å². The highest BCUT2D eigenvalue weighted by Gasteiger charge is 2.36. The zero-order valence-corrected chi connectivity index (χ0v) is 33.6. The smallest absolute Gasteiger partial charge is 0.325 e. The number of nitrogens with zero attached hydrogens (tertiary/aromatic N) is 2. The Morgan fingerprint density at radius 1 is 0.481 bits per heavy atom. The van der Waals surface area contributed by atoms with Gasteiger partial charge < -0.3 is 18.9 Å². The van der Waals surface area contributed by atoms with Crippen molar-refractivity contribution in [1.82, 2.24) is 8.61 Å². The summed E-state index contributed by atoms with van der Waals surface area (Å²) in [4.78, 5) is 23.7. The van der Waals surface area contributed by atoms with E-state index in [1.54, 1.807) is 62.8 Å². The van der Waals surface area contributed by atoms with Gasteiger partial charge in [-0.1, -0.05) is 83.9 Å². The van der Waals surface area contributed by atoms with Gasteiger partial charge in [-0.25, -0.2) is 16.8 Å². The molecule has 0 aromatic heterocycles. The average Bonchev–Trinajstić information content (AvgIpc) is 3.18. The highest BCUT2D eigenvalue weighted by Crippen LogP contribution is 2.22. The van der Waals surface area contributed by atoms with Gasteiger partial charge in [0.1, 0.15) is 11.5 Å². The SMILES string of the molecule is COC(=O)[C@@H](C)S(=O)(=O)N(Cc1ccc(C)cc1)Cc1ccc(OC)cc1.COC(=O)[C@H](C)S(=O)(=O)N(Cc1ccc(C)cc1)Cc1ccc(OC)cc1. The number of hydrogen-bond acceptors (Lipinski definition) is 10. The molecule has 0 aliphatic rings. The van der Waals surface area contributed by atoms with Gasteiger partial charge in [0.15, 0.2) is 10.5 Å². The molecular weight excluding hydrogens is 733 g/mol. The first-order chi connectivity index (χ1) is 25.5. The van der Waals surface area contributed by atoms with Crippen molar-refractivity contribution in [2.45, 2.75) is 64.4 Å². The Hall–Kier alpha value is -4.76. The largest absolute Gasteiger partial charge is 0.497 e. The molecule has 0 unspecified atom stereocenters. The van der Waals surface area contributed by atoms with Crippen molar-refractivity contribution in [3.05, 3.63) is 130 Å². The minimum Gasteiger partial charge on any atom is -0.497 e. The third-order valence-corrected chi connectivity index (χ3v) is 12.8. The molecule has 0 saturated carbocycles. The summed E-state index contributed by atoms with van der Waals surface area (Å²) in [6, 6.07) is 29.6. The molecule has 0 spiro atoms. The molecule has 0 aliphatic heterocycles. The molecule has 0 N–H and O–H groups in total. The molecule has 0 bridgehead atoms. The topological polar surface area (TPSA) is 146 Å². The maximum atomic E-state index is 13.0. The van der Waals surface area contributed by atoms with Gasteiger partial charge in [0.2, 0.25) is 20.0 Å². The number of benzene rings is 4. The van der Waals surface area contributed by atoms with Gasteiger partial charge in [0.05, 0.1) is 28.4 Å². The Morgan fingerprint density at radius 3 is 0.944 bits per heavy atom. The van der Waals surface area contributed by atoms with Crippen LogP contribution in [0.2, 0.25) is 0 Å². The summed E-state index contributed by atoms with van der Waals surface area (Å²) in [6.07, 6.45) is 0. The second-order valence-electron chi connectivity index (χ2n) is 12.6. The van der Waals surface area contributed by atoms with Gasteiger partial charge in [0, 0.05) is 26.2 Å². The van der Waals surface area contributed by atoms with Crippen LogP contribution >= 0.6 is 0 Å². The Bertz CT molecular complexity index is 1870. The number of carbonyl (C=O) groups excluding carboxylic acids is 2. The molecule has 14 heteroatoms. The second-order valence-corrected chi connectivity index (χ2v) is 17.1. The Morgan fingerprint density at radius 2 is 0.722 bits per heavy atom. The summed E-state index contributed by atoms with van der Waals surface area (Å²) in [7, 11) is -2.31. The Balaban J connectivity index is 0.000000290. The van der Waals surface area contributed by atoms with E-state index in [1.807, 2.05) is 62.4 Å². The molecule has 0 fully saturated rings. The highest BCUT2D eigenvalue weighted by molar-refractivity contribution is 7.90. The molecular formula is C40H50N2O10S2. The van der Waals surface area contributed by atoms with Gasteiger partial charge >= 0.3 is 11.9 Å². The van der Waals surface area contributed by atoms with E-state index in [0.717, 1.165) is 33.4 Å². The zero-order valence-electron chi connectivity index (χ0n) is 32.0. The summed E-state index contributed by atoms with van der Waals surface area (Å²) in [5.41, 5.74) is 5.45. The fourth-order valence-corrected chi connectivity index (χ4v) is 8.05. The van der Waals surface area contributed by atoms with E-state index in [-0.39, 0.29) is 26.2 Å². The Labute approximate surface area is 319 Å². The molecule has 0 radical (unpaired) electrons. The van der Waals surface area contributed by atoms with Crippen LogP contribution < -0.4 is 9.47 Å². The number of rotatable bonds is 16. The van der Waals surface area contributed by atoms with Crippen LogP contribution in [0.15, 0.2) is 97.1 Å². The zero-order chi connectivity index (χ0) is 40.1. The van der Waals surface area contributed by atoms with E-state index in [1.165, 1.54) is 36.7 Å². The molecule has 4 aromatic carbocycles. The molecule has 12 nitrogen and oxygen atoms in total. The average molecular weight is 783 g/mol. The number of sulfonamides is 2. The van der Waals surface area contributed by atoms with E-state index in [4.69, 9.17) is 9.47 Å². The quantitative estimate of drug-likeness (QED) is 0.128. The molecule has 4 aromatic rings. The summed E-state index contributed by atoms with van der Waals surface area (Å²) in [6.45, 7) is 7.23. The van der Waals surface area contributed by atoms with Crippen LogP contribution in [-0.2, 0) is 65.3 Å². The number of methoxy groups -OCH3 is 4. The minimum atomic E-state index is -3.91. The minimum absolute atomic E-state index is 0.140. The summed E-state index contributed by atoms with van der Waals surface area (Å²) >= 11 is 0. The van der Waals surface area contributed by atoms with Gasteiger partial charge in [-0.15, -0.1) is 0 Å². The van der Waals surface area contributed by atoms with E-state index < -0.39 is 42.5 Å². The molecule has 0 amide bonds. The first-order valence-corrected chi connectivity index (χ1v) is 20.1. The maximum Gasteiger partial charge on any atom is 0.325 e. The van der Waals surface area contributed by atoms with Crippen LogP contribution in [-0.4, -0.2) is 76.3 Å². The summed E-state index contributed by atoms with van der Waals surface area (Å²) in [5, 5.41) is -2.57. The van der Waals surface area contributed by atoms with E-state index in [9.17, 15) is 26.4 Å². The molecule has 0 heterocycles. The van der Waals surface area contributed by atoms with Crippen molar-refractivity contribution in [1.29, 1.82) is 0 Å². The fourth-order valence-electron chi connectivity index (χ4n) is 5.16. The van der Waals surface area contributed by atoms with Crippen LogP contribution in [0.3, 0.4) is 0 Å². The number of hydrogen-bond donors (Lipinski definition) is 0. The lowest BCUT2D eigenvalue weighted by Crippen LogP contribution is -2.41. The van der Waals surface area contributed by atoms with Crippen LogP contribution in [0.1, 0.15) is 47.2 Å². The van der Waals surface area contributed by atoms with Crippen LogP contribution in [0.4, 0.5) is 0 Å². The normalized spacial score (nSPS) is 12.6. The molecule has 0 aliphatic carbocycles. The van der Waals surface area contributed by atoms with Crippen LogP contribution in [0.5, 0.6) is 11.5 Å². The molecule has 54 heavy (non-hydrogen) atoms. The van der Waals surface area contributed by atoms with E-state index in [2.05, 4.69) is 9.47 Å². The van der Waals surface area contributed by atoms with E-state index in [0.29, 0.717) is 11.5 Å². The standard InChI is InChI=1S/2C20H25NO5S/c2*1-15-5-7-17(8-6-15)13-21(27(23,24)16(2)20(22)26-4)14-18-9-11-19(25-3)12-10-18/h2*5-12,16H,13-14H2,1-4H3/t2*16-/m10/s1. The number of carbonyl (C=O) groups is 2. The molecule has 4 rings (SSSR count). The highest BCUT2D eigenvalue weighted by atomic mass is 32.2. The lowest BCUT2D eigenvalue weighted by molar-refractivity contribution is -0.140. The molecule has 2 atom stereocenters. The van der Waals surface area contributed by atoms with Crippen molar-refractivity contribution in [2.24, 2.45) is 0 Å². The first-order valence-electron chi connectivity index (χ1n) is 17.1. The predicted octanol–water partition coefficient (Wildman–Crippen LogP) is 5.79. The van der Waals surface area contributed by atoms with Gasteiger partial charge in [-0.05, 0) is 74.2 Å². The third kappa shape index (κ3) is 12.1. The lowest BCUT2D eigenvalue weighted by atomic mass is 10.1. The first kappa shape index (κ1) is 43.6. The number of esters is 2. The van der Waals surface area contributed by atoms with Gasteiger partial charge in [0.25, 0.3) is 0 Å². The number of aryl methyl sites for hydroxylation is 2. The fraction of sp³-hybridized carbons (Fsp3) is 0.350. The van der Waals surface area contributed by atoms with Crippen molar-refractivity contribution >= 4 is 32.0 Å². The third-order valence-electron chi connectivity index (χ3n) is 8.67. The van der Waals surface area contributed by atoms with Crippen LogP contribution in [0.25, 0.3) is 0 Å². The summed E-state index contributed by atoms with van der Waals surface area (Å²) in [5.74, 6) is -0.179. The van der Waals surface area contributed by atoms with Crippen LogP contribution in [0, 0.1) is 13.8 Å². The van der Waals surface area contributed by atoms with Crippen molar-refractivity contribution in [3.8, 4) is 11.5 Å². The lowest BCUT2D eigenvalue weighted by Gasteiger charge is -2.25. The van der Waals surface area contributed by atoms with Crippen molar-refractivity contribution in [2.75, 3.05) is 28.4 Å².